The molecule has 0 unspecified atom stereocenters. The van der Waals surface area contributed by atoms with Gasteiger partial charge in [-0.1, -0.05) is 108 Å². The van der Waals surface area contributed by atoms with E-state index < -0.39 is 5.97 Å². The summed E-state index contributed by atoms with van der Waals surface area (Å²) in [6.45, 7) is 2.72. The third-order valence-corrected chi connectivity index (χ3v) is 5.83. The number of aliphatic carboxylic acids is 1. The zero-order chi connectivity index (χ0) is 25.0. The normalized spacial score (nSPS) is 11.8. The molecule has 0 atom stereocenters. The third-order valence-electron chi connectivity index (χ3n) is 5.83. The highest BCUT2D eigenvalue weighted by Gasteiger charge is 2.02. The molecule has 0 heterocycles. The number of carbonyl (C=O) groups excluding carboxylic acids is 1. The lowest BCUT2D eigenvalue weighted by atomic mass is 10.1. The lowest BCUT2D eigenvalue weighted by Gasteiger charge is -2.05. The highest BCUT2D eigenvalue weighted by atomic mass is 16.5. The van der Waals surface area contributed by atoms with Crippen LogP contribution in [0, 0.1) is 0 Å². The molecule has 0 saturated carbocycles. The standard InChI is InChI=1S/C30H52O4/c1-2-3-4-5-6-7-8-9-10-11-12-15-18-21-24-27-30(33)34-28-25-22-19-16-13-14-17-20-23-26-29(31)32/h3-4,6-7,9-10H,2,5,8,11-28H2,1H3,(H,31,32)/b4-3-,7-6-,10-9-. The Balaban J connectivity index is 3.27. The molecule has 4 nitrogen and oxygen atoms in total. The van der Waals surface area contributed by atoms with Crippen LogP contribution in [0.2, 0.25) is 0 Å². The van der Waals surface area contributed by atoms with Crippen molar-refractivity contribution < 1.29 is 19.4 Å². The number of allylic oxidation sites excluding steroid dienone is 6. The van der Waals surface area contributed by atoms with Crippen LogP contribution in [0.4, 0.5) is 0 Å². The molecule has 0 rings (SSSR count). The van der Waals surface area contributed by atoms with E-state index in [1.54, 1.807) is 0 Å². The minimum atomic E-state index is -0.689. The Labute approximate surface area is 209 Å². The van der Waals surface area contributed by atoms with Gasteiger partial charge in [-0.05, 0) is 51.4 Å². The largest absolute Gasteiger partial charge is 0.481 e. The Morgan fingerprint density at radius 1 is 0.588 bits per heavy atom. The molecule has 0 aliphatic rings. The molecule has 34 heavy (non-hydrogen) atoms. The number of hydrogen-bond donors (Lipinski definition) is 1. The van der Waals surface area contributed by atoms with E-state index in [0.717, 1.165) is 70.6 Å². The fourth-order valence-electron chi connectivity index (χ4n) is 3.76. The van der Waals surface area contributed by atoms with E-state index in [9.17, 15) is 9.59 Å². The predicted molar refractivity (Wildman–Crippen MR) is 144 cm³/mol. The number of carboxylic acids is 1. The summed E-state index contributed by atoms with van der Waals surface area (Å²) in [5.74, 6) is -0.729. The van der Waals surface area contributed by atoms with Crippen molar-refractivity contribution in [3.05, 3.63) is 36.5 Å². The minimum Gasteiger partial charge on any atom is -0.481 e. The van der Waals surface area contributed by atoms with Gasteiger partial charge in [0.25, 0.3) is 0 Å². The Hall–Kier alpha value is -1.84. The van der Waals surface area contributed by atoms with Crippen LogP contribution in [0.1, 0.15) is 135 Å². The first-order valence-electron chi connectivity index (χ1n) is 14.0. The fraction of sp³-hybridized carbons (Fsp3) is 0.733. The predicted octanol–water partition coefficient (Wildman–Crippen LogP) is 9.10. The smallest absolute Gasteiger partial charge is 0.305 e. The zero-order valence-corrected chi connectivity index (χ0v) is 22.0. The van der Waals surface area contributed by atoms with Crippen molar-refractivity contribution in [1.29, 1.82) is 0 Å². The molecule has 0 saturated heterocycles. The molecule has 196 valence electrons. The topological polar surface area (TPSA) is 63.6 Å². The van der Waals surface area contributed by atoms with Crippen LogP contribution in [0.25, 0.3) is 0 Å². The second kappa shape index (κ2) is 27.4. The van der Waals surface area contributed by atoms with Gasteiger partial charge in [0.05, 0.1) is 6.61 Å². The summed E-state index contributed by atoms with van der Waals surface area (Å²) >= 11 is 0. The van der Waals surface area contributed by atoms with E-state index in [2.05, 4.69) is 43.4 Å². The highest BCUT2D eigenvalue weighted by Crippen LogP contribution is 2.11. The summed E-state index contributed by atoms with van der Waals surface area (Å²) < 4.78 is 5.35. The van der Waals surface area contributed by atoms with Crippen LogP contribution in [0.15, 0.2) is 36.5 Å². The first kappa shape index (κ1) is 32.2. The quantitative estimate of drug-likeness (QED) is 0.0810. The van der Waals surface area contributed by atoms with E-state index >= 15 is 0 Å². The molecule has 0 aliphatic heterocycles. The van der Waals surface area contributed by atoms with Gasteiger partial charge >= 0.3 is 11.9 Å². The molecular formula is C30H52O4. The van der Waals surface area contributed by atoms with E-state index in [-0.39, 0.29) is 5.97 Å². The number of rotatable bonds is 25. The summed E-state index contributed by atoms with van der Waals surface area (Å²) in [7, 11) is 0. The summed E-state index contributed by atoms with van der Waals surface area (Å²) in [5, 5.41) is 8.59. The molecule has 0 aromatic heterocycles. The summed E-state index contributed by atoms with van der Waals surface area (Å²) in [4.78, 5) is 22.2. The van der Waals surface area contributed by atoms with Gasteiger partial charge in [-0.15, -0.1) is 0 Å². The van der Waals surface area contributed by atoms with Crippen LogP contribution in [0.5, 0.6) is 0 Å². The number of unbranched alkanes of at least 4 members (excludes halogenated alkanes) is 13. The van der Waals surface area contributed by atoms with E-state index in [4.69, 9.17) is 9.84 Å². The van der Waals surface area contributed by atoms with Gasteiger partial charge in [-0.3, -0.25) is 9.59 Å². The molecule has 0 bridgehead atoms. The monoisotopic (exact) mass is 476 g/mol. The molecule has 1 N–H and O–H groups in total. The van der Waals surface area contributed by atoms with Crippen molar-refractivity contribution in [2.45, 2.75) is 135 Å². The molecule has 0 aliphatic carbocycles. The maximum Gasteiger partial charge on any atom is 0.305 e. The van der Waals surface area contributed by atoms with Crippen molar-refractivity contribution in [3.63, 3.8) is 0 Å². The van der Waals surface area contributed by atoms with Crippen molar-refractivity contribution in [2.24, 2.45) is 0 Å². The molecule has 0 amide bonds. The molecular weight excluding hydrogens is 424 g/mol. The van der Waals surface area contributed by atoms with Crippen molar-refractivity contribution in [2.75, 3.05) is 6.61 Å². The van der Waals surface area contributed by atoms with Crippen LogP contribution < -0.4 is 0 Å². The number of carbonyl (C=O) groups is 2. The molecule has 0 aromatic carbocycles. The number of esters is 1. The van der Waals surface area contributed by atoms with E-state index in [1.165, 1.54) is 44.9 Å². The van der Waals surface area contributed by atoms with Crippen LogP contribution >= 0.6 is 0 Å². The summed E-state index contributed by atoms with van der Waals surface area (Å²) in [6.07, 6.45) is 34.2. The second-order valence-corrected chi connectivity index (χ2v) is 9.15. The van der Waals surface area contributed by atoms with Crippen molar-refractivity contribution in [1.82, 2.24) is 0 Å². The van der Waals surface area contributed by atoms with E-state index in [0.29, 0.717) is 19.4 Å². The summed E-state index contributed by atoms with van der Waals surface area (Å²) in [5.41, 5.74) is 0. The third kappa shape index (κ3) is 28.2. The van der Waals surface area contributed by atoms with Gasteiger partial charge in [0, 0.05) is 12.8 Å². The van der Waals surface area contributed by atoms with Gasteiger partial charge in [0.2, 0.25) is 0 Å². The molecule has 0 spiro atoms. The lowest BCUT2D eigenvalue weighted by molar-refractivity contribution is -0.144. The first-order valence-corrected chi connectivity index (χ1v) is 14.0. The molecule has 0 aromatic rings. The van der Waals surface area contributed by atoms with Gasteiger partial charge < -0.3 is 9.84 Å². The SMILES string of the molecule is CC/C=C\C/C=C\C/C=C\CCCCCCCC(=O)OCCCCCCCCCCCC(=O)O. The van der Waals surface area contributed by atoms with E-state index in [1.807, 2.05) is 0 Å². The number of ether oxygens (including phenoxy) is 1. The maximum absolute atomic E-state index is 11.8. The summed E-state index contributed by atoms with van der Waals surface area (Å²) in [6, 6.07) is 0. The fourth-order valence-corrected chi connectivity index (χ4v) is 3.76. The van der Waals surface area contributed by atoms with Gasteiger partial charge in [-0.2, -0.15) is 0 Å². The minimum absolute atomic E-state index is 0.0393. The van der Waals surface area contributed by atoms with Gasteiger partial charge in [0.15, 0.2) is 0 Å². The zero-order valence-electron chi connectivity index (χ0n) is 22.0. The maximum atomic E-state index is 11.8. The molecule has 0 fully saturated rings. The van der Waals surface area contributed by atoms with Crippen LogP contribution in [0.3, 0.4) is 0 Å². The second-order valence-electron chi connectivity index (χ2n) is 9.15. The van der Waals surface area contributed by atoms with Crippen LogP contribution in [-0.4, -0.2) is 23.7 Å². The first-order chi connectivity index (χ1) is 16.7. The van der Waals surface area contributed by atoms with Crippen LogP contribution in [-0.2, 0) is 14.3 Å². The van der Waals surface area contributed by atoms with Gasteiger partial charge in [-0.25, -0.2) is 0 Å². The van der Waals surface area contributed by atoms with Crippen molar-refractivity contribution >= 4 is 11.9 Å². The Morgan fingerprint density at radius 3 is 1.65 bits per heavy atom. The number of hydrogen-bond acceptors (Lipinski definition) is 3. The number of carboxylic acid groups (broad SMARTS) is 1. The lowest BCUT2D eigenvalue weighted by Crippen LogP contribution is -2.05. The Morgan fingerprint density at radius 2 is 1.06 bits per heavy atom. The van der Waals surface area contributed by atoms with Crippen molar-refractivity contribution in [3.8, 4) is 0 Å². The average molecular weight is 477 g/mol. The highest BCUT2D eigenvalue weighted by molar-refractivity contribution is 5.69. The Bertz CT molecular complexity index is 548. The Kier molecular flexibility index (Phi) is 25.9. The van der Waals surface area contributed by atoms with Gasteiger partial charge in [0.1, 0.15) is 0 Å². The average Bonchev–Trinajstić information content (AvgIpc) is 2.82. The molecule has 4 heteroatoms. The molecule has 0 radical (unpaired) electrons.